The van der Waals surface area contributed by atoms with Gasteiger partial charge in [0.2, 0.25) is 0 Å². The minimum Gasteiger partial charge on any atom is -0.481 e. The van der Waals surface area contributed by atoms with Crippen molar-refractivity contribution in [1.29, 1.82) is 0 Å². The second-order valence-electron chi connectivity index (χ2n) is 13.7. The van der Waals surface area contributed by atoms with Gasteiger partial charge in [-0.2, -0.15) is 0 Å². The van der Waals surface area contributed by atoms with Gasteiger partial charge in [-0.05, 0) is 110 Å². The van der Waals surface area contributed by atoms with Crippen molar-refractivity contribution in [2.45, 2.75) is 138 Å². The van der Waals surface area contributed by atoms with E-state index >= 15 is 0 Å². The smallest absolute Gasteiger partial charge is 0.303 e. The molecule has 2 heteroatoms. The van der Waals surface area contributed by atoms with Gasteiger partial charge < -0.3 is 5.11 Å². The molecule has 4 saturated carbocycles. The van der Waals surface area contributed by atoms with Crippen molar-refractivity contribution >= 4 is 5.97 Å². The first-order valence-electron chi connectivity index (χ1n) is 14.7. The van der Waals surface area contributed by atoms with Gasteiger partial charge in [0.25, 0.3) is 0 Å². The van der Waals surface area contributed by atoms with E-state index in [2.05, 4.69) is 48.5 Å². The van der Waals surface area contributed by atoms with Crippen molar-refractivity contribution in [3.05, 3.63) is 0 Å². The van der Waals surface area contributed by atoms with Gasteiger partial charge in [0.15, 0.2) is 0 Å². The molecule has 8 atom stereocenters. The Labute approximate surface area is 206 Å². The van der Waals surface area contributed by atoms with Crippen LogP contribution in [0, 0.1) is 51.8 Å². The van der Waals surface area contributed by atoms with E-state index in [-0.39, 0.29) is 0 Å². The molecule has 4 aliphatic carbocycles. The van der Waals surface area contributed by atoms with E-state index in [0.29, 0.717) is 28.6 Å². The van der Waals surface area contributed by atoms with Crippen LogP contribution in [0.2, 0.25) is 0 Å². The molecule has 0 bridgehead atoms. The van der Waals surface area contributed by atoms with Crippen molar-refractivity contribution in [2.75, 3.05) is 0 Å². The van der Waals surface area contributed by atoms with E-state index in [9.17, 15) is 4.79 Å². The van der Waals surface area contributed by atoms with E-state index in [4.69, 9.17) is 5.11 Å². The number of hydrogen-bond donors (Lipinski definition) is 1. The third kappa shape index (κ3) is 5.06. The van der Waals surface area contributed by atoms with Crippen LogP contribution in [0.15, 0.2) is 0 Å². The zero-order valence-electron chi connectivity index (χ0n) is 23.2. The average Bonchev–Trinajstić information content (AvgIpc) is 3.15. The summed E-state index contributed by atoms with van der Waals surface area (Å²) in [5.74, 6) is 4.41. The summed E-state index contributed by atoms with van der Waals surface area (Å²) in [6.07, 6.45) is 18.2. The molecular formula is C31H56O2. The molecule has 0 amide bonds. The minimum atomic E-state index is -0.623. The van der Waals surface area contributed by atoms with Crippen molar-refractivity contribution in [3.63, 3.8) is 0 Å². The van der Waals surface area contributed by atoms with Gasteiger partial charge in [-0.25, -0.2) is 0 Å². The summed E-state index contributed by atoms with van der Waals surface area (Å²) in [7, 11) is 0. The largest absolute Gasteiger partial charge is 0.481 e. The molecule has 0 aromatic heterocycles. The van der Waals surface area contributed by atoms with E-state index in [0.717, 1.165) is 36.0 Å². The summed E-state index contributed by atoms with van der Waals surface area (Å²) < 4.78 is 0. The zero-order valence-corrected chi connectivity index (χ0v) is 23.2. The first-order valence-corrected chi connectivity index (χ1v) is 14.7. The maximum Gasteiger partial charge on any atom is 0.303 e. The molecule has 4 rings (SSSR count). The standard InChI is InChI=1S/C25H42O2.C6H14/c1-17(7-10-22(26)27)19-8-9-20-18-11-15-23(2)13-5-6-14-25(23,4)21(18)12-16-24(19,20)3;1-4-6(3)5-2/h17-21H,5-16H2,1-4H3,(H,26,27);6H,4-5H2,1-3H3/t17-,18?,19?,20?,21?,23+,24-,25-;/m1./s1. The Morgan fingerprint density at radius 2 is 1.55 bits per heavy atom. The topological polar surface area (TPSA) is 37.3 Å². The summed E-state index contributed by atoms with van der Waals surface area (Å²) in [6, 6.07) is 0. The number of carboxylic acids is 1. The van der Waals surface area contributed by atoms with Crippen molar-refractivity contribution in [3.8, 4) is 0 Å². The predicted octanol–water partition coefficient (Wildman–Crippen LogP) is 9.37. The highest BCUT2D eigenvalue weighted by Crippen LogP contribution is 2.71. The maximum atomic E-state index is 11.1. The summed E-state index contributed by atoms with van der Waals surface area (Å²) >= 11 is 0. The minimum absolute atomic E-state index is 0.348. The van der Waals surface area contributed by atoms with Crippen molar-refractivity contribution in [1.82, 2.24) is 0 Å². The van der Waals surface area contributed by atoms with Gasteiger partial charge >= 0.3 is 5.97 Å². The normalized spacial score (nSPS) is 43.0. The molecule has 0 saturated heterocycles. The Hall–Kier alpha value is -0.530. The molecule has 0 aromatic rings. The van der Waals surface area contributed by atoms with Gasteiger partial charge in [-0.1, -0.05) is 74.1 Å². The second-order valence-corrected chi connectivity index (χ2v) is 13.7. The predicted molar refractivity (Wildman–Crippen MR) is 140 cm³/mol. The highest BCUT2D eigenvalue weighted by Gasteiger charge is 2.62. The molecule has 0 radical (unpaired) electrons. The molecule has 4 unspecified atom stereocenters. The Bertz CT molecular complexity index is 653. The molecule has 33 heavy (non-hydrogen) atoms. The van der Waals surface area contributed by atoms with E-state index in [1.54, 1.807) is 0 Å². The van der Waals surface area contributed by atoms with Gasteiger partial charge in [0.1, 0.15) is 0 Å². The lowest BCUT2D eigenvalue weighted by Gasteiger charge is -2.65. The first kappa shape index (κ1) is 27.1. The lowest BCUT2D eigenvalue weighted by Crippen LogP contribution is -2.56. The van der Waals surface area contributed by atoms with Crippen LogP contribution < -0.4 is 0 Å². The van der Waals surface area contributed by atoms with E-state index < -0.39 is 5.97 Å². The lowest BCUT2D eigenvalue weighted by atomic mass is 9.40. The Morgan fingerprint density at radius 1 is 0.879 bits per heavy atom. The average molecular weight is 461 g/mol. The third-order valence-corrected chi connectivity index (χ3v) is 12.3. The van der Waals surface area contributed by atoms with E-state index in [1.807, 2.05) is 0 Å². The number of hydrogen-bond acceptors (Lipinski definition) is 1. The van der Waals surface area contributed by atoms with Gasteiger partial charge in [-0.15, -0.1) is 0 Å². The van der Waals surface area contributed by atoms with Crippen LogP contribution in [0.4, 0.5) is 0 Å². The molecular weight excluding hydrogens is 404 g/mol. The van der Waals surface area contributed by atoms with Crippen LogP contribution in [0.25, 0.3) is 0 Å². The molecule has 192 valence electrons. The summed E-state index contributed by atoms with van der Waals surface area (Å²) in [6.45, 7) is 17.0. The quantitative estimate of drug-likeness (QED) is 0.428. The van der Waals surface area contributed by atoms with Gasteiger partial charge in [-0.3, -0.25) is 4.79 Å². The summed E-state index contributed by atoms with van der Waals surface area (Å²) in [5.41, 5.74) is 1.63. The van der Waals surface area contributed by atoms with Crippen LogP contribution in [0.5, 0.6) is 0 Å². The Kier molecular flexibility index (Phi) is 8.70. The molecule has 4 fully saturated rings. The molecule has 0 aliphatic heterocycles. The van der Waals surface area contributed by atoms with Crippen molar-refractivity contribution in [2.24, 2.45) is 51.8 Å². The molecule has 0 aromatic carbocycles. The van der Waals surface area contributed by atoms with Crippen molar-refractivity contribution < 1.29 is 9.90 Å². The fourth-order valence-corrected chi connectivity index (χ4v) is 9.42. The number of carbonyl (C=O) groups is 1. The number of carboxylic acid groups (broad SMARTS) is 1. The van der Waals surface area contributed by atoms with Crippen LogP contribution in [-0.4, -0.2) is 11.1 Å². The second kappa shape index (κ2) is 10.6. The highest BCUT2D eigenvalue weighted by molar-refractivity contribution is 5.66. The SMILES string of the molecule is CCC(C)CC.C[C@H](CCC(=O)O)C1CCC2C3CC[C@]4(C)CCCC[C@]4(C)C3CC[C@@]21C. The van der Waals surface area contributed by atoms with Gasteiger partial charge in [0.05, 0.1) is 0 Å². The zero-order chi connectivity index (χ0) is 24.4. The summed E-state index contributed by atoms with van der Waals surface area (Å²) in [4.78, 5) is 11.1. The number of rotatable bonds is 6. The van der Waals surface area contributed by atoms with E-state index in [1.165, 1.54) is 77.0 Å². The van der Waals surface area contributed by atoms with Crippen LogP contribution in [-0.2, 0) is 4.79 Å². The number of aliphatic carboxylic acids is 1. The fourth-order valence-electron chi connectivity index (χ4n) is 9.42. The van der Waals surface area contributed by atoms with Crippen LogP contribution in [0.1, 0.15) is 138 Å². The fraction of sp³-hybridized carbons (Fsp3) is 0.968. The van der Waals surface area contributed by atoms with Crippen LogP contribution >= 0.6 is 0 Å². The lowest BCUT2D eigenvalue weighted by molar-refractivity contribution is -0.154. The third-order valence-electron chi connectivity index (χ3n) is 12.3. The Morgan fingerprint density at radius 3 is 2.15 bits per heavy atom. The van der Waals surface area contributed by atoms with Gasteiger partial charge in [0, 0.05) is 6.42 Å². The maximum absolute atomic E-state index is 11.1. The molecule has 1 N–H and O–H groups in total. The monoisotopic (exact) mass is 460 g/mol. The molecule has 4 aliphatic rings. The first-order chi connectivity index (χ1) is 15.5. The molecule has 0 spiro atoms. The molecule has 2 nitrogen and oxygen atoms in total. The number of fused-ring (bicyclic) bond motifs is 5. The highest BCUT2D eigenvalue weighted by atomic mass is 16.4. The van der Waals surface area contributed by atoms with Crippen LogP contribution in [0.3, 0.4) is 0 Å². The Balaban J connectivity index is 0.000000454. The molecule has 0 heterocycles. The summed E-state index contributed by atoms with van der Waals surface area (Å²) in [5, 5.41) is 9.12.